The molecular formula is C15H18O4. The van der Waals surface area contributed by atoms with E-state index in [9.17, 15) is 0 Å². The van der Waals surface area contributed by atoms with Crippen LogP contribution in [0.4, 0.5) is 0 Å². The van der Waals surface area contributed by atoms with E-state index in [1.165, 1.54) is 0 Å². The predicted octanol–water partition coefficient (Wildman–Crippen LogP) is 3.18. The van der Waals surface area contributed by atoms with Crippen LogP contribution in [-0.2, 0) is 0 Å². The molecule has 4 nitrogen and oxygen atoms in total. The van der Waals surface area contributed by atoms with Crippen molar-refractivity contribution in [1.29, 1.82) is 0 Å². The third-order valence-electron chi connectivity index (χ3n) is 3.07. The highest BCUT2D eigenvalue weighted by Crippen LogP contribution is 2.46. The van der Waals surface area contributed by atoms with E-state index in [4.69, 9.17) is 18.9 Å². The molecule has 0 aromatic heterocycles. The summed E-state index contributed by atoms with van der Waals surface area (Å²) in [5.74, 6) is 2.58. The summed E-state index contributed by atoms with van der Waals surface area (Å²) >= 11 is 0. The monoisotopic (exact) mass is 262 g/mol. The zero-order valence-electron chi connectivity index (χ0n) is 11.9. The highest BCUT2D eigenvalue weighted by Gasteiger charge is 2.19. The molecule has 102 valence electrons. The minimum absolute atomic E-state index is 0.569. The van der Waals surface area contributed by atoms with Crippen LogP contribution in [0.1, 0.15) is 5.56 Å². The van der Waals surface area contributed by atoms with Crippen molar-refractivity contribution in [2.75, 3.05) is 28.4 Å². The molecule has 0 aliphatic carbocycles. The van der Waals surface area contributed by atoms with Crippen LogP contribution in [0, 0.1) is 6.92 Å². The van der Waals surface area contributed by atoms with Gasteiger partial charge in [-0.3, -0.25) is 0 Å². The van der Waals surface area contributed by atoms with Crippen LogP contribution in [0.25, 0.3) is 10.8 Å². The second kappa shape index (κ2) is 5.26. The van der Waals surface area contributed by atoms with Gasteiger partial charge >= 0.3 is 0 Å². The molecule has 0 saturated carbocycles. The van der Waals surface area contributed by atoms with Crippen molar-refractivity contribution in [3.05, 3.63) is 23.8 Å². The topological polar surface area (TPSA) is 36.9 Å². The standard InChI is InChI=1S/C15H18O4/c1-9-6-10-8-12(17-3)14(18-4)15(19-5)13(10)11(7-9)16-2/h6-8H,1-5H3. The van der Waals surface area contributed by atoms with Crippen molar-refractivity contribution in [2.24, 2.45) is 0 Å². The van der Waals surface area contributed by atoms with Gasteiger partial charge in [0.2, 0.25) is 5.75 Å². The van der Waals surface area contributed by atoms with Gasteiger partial charge in [0.1, 0.15) is 5.75 Å². The van der Waals surface area contributed by atoms with Crippen LogP contribution < -0.4 is 18.9 Å². The summed E-state index contributed by atoms with van der Waals surface area (Å²) in [4.78, 5) is 0. The fraction of sp³-hybridized carbons (Fsp3) is 0.333. The Hall–Kier alpha value is -2.10. The molecule has 19 heavy (non-hydrogen) atoms. The highest BCUT2D eigenvalue weighted by molar-refractivity contribution is 5.98. The fourth-order valence-corrected chi connectivity index (χ4v) is 2.27. The van der Waals surface area contributed by atoms with Crippen LogP contribution in [0.2, 0.25) is 0 Å². The molecule has 0 saturated heterocycles. The summed E-state index contributed by atoms with van der Waals surface area (Å²) in [5.41, 5.74) is 1.11. The Balaban J connectivity index is 2.92. The number of ether oxygens (including phenoxy) is 4. The Morgan fingerprint density at radius 1 is 0.684 bits per heavy atom. The molecule has 2 aromatic carbocycles. The molecule has 0 radical (unpaired) electrons. The molecule has 0 N–H and O–H groups in total. The summed E-state index contributed by atoms with van der Waals surface area (Å²) in [5, 5.41) is 1.87. The fourth-order valence-electron chi connectivity index (χ4n) is 2.27. The van der Waals surface area contributed by atoms with Crippen molar-refractivity contribution in [2.45, 2.75) is 6.92 Å². The first-order chi connectivity index (χ1) is 9.15. The molecule has 0 heterocycles. The Bertz CT molecular complexity index is 605. The van der Waals surface area contributed by atoms with Gasteiger partial charge < -0.3 is 18.9 Å². The zero-order chi connectivity index (χ0) is 14.0. The quantitative estimate of drug-likeness (QED) is 0.848. The summed E-state index contributed by atoms with van der Waals surface area (Å²) < 4.78 is 21.7. The zero-order valence-corrected chi connectivity index (χ0v) is 11.9. The van der Waals surface area contributed by atoms with Gasteiger partial charge in [-0.2, -0.15) is 0 Å². The van der Waals surface area contributed by atoms with Gasteiger partial charge in [0.05, 0.1) is 33.8 Å². The second-order valence-corrected chi connectivity index (χ2v) is 4.21. The second-order valence-electron chi connectivity index (χ2n) is 4.21. The number of benzene rings is 2. The largest absolute Gasteiger partial charge is 0.496 e. The van der Waals surface area contributed by atoms with Gasteiger partial charge in [0.25, 0.3) is 0 Å². The van der Waals surface area contributed by atoms with E-state index < -0.39 is 0 Å². The maximum Gasteiger partial charge on any atom is 0.204 e. The number of aryl methyl sites for hydroxylation is 1. The average Bonchev–Trinajstić information content (AvgIpc) is 2.43. The lowest BCUT2D eigenvalue weighted by Crippen LogP contribution is -1.97. The van der Waals surface area contributed by atoms with E-state index in [0.29, 0.717) is 17.2 Å². The van der Waals surface area contributed by atoms with Gasteiger partial charge in [-0.15, -0.1) is 0 Å². The van der Waals surface area contributed by atoms with E-state index in [2.05, 4.69) is 6.07 Å². The van der Waals surface area contributed by atoms with E-state index in [1.54, 1.807) is 28.4 Å². The molecule has 0 bridgehead atoms. The van der Waals surface area contributed by atoms with Crippen molar-refractivity contribution >= 4 is 10.8 Å². The third kappa shape index (κ3) is 2.14. The van der Waals surface area contributed by atoms with Crippen LogP contribution in [0.15, 0.2) is 18.2 Å². The van der Waals surface area contributed by atoms with Gasteiger partial charge in [0.15, 0.2) is 11.5 Å². The van der Waals surface area contributed by atoms with Gasteiger partial charge in [-0.1, -0.05) is 6.07 Å². The number of fused-ring (bicyclic) bond motifs is 1. The van der Waals surface area contributed by atoms with E-state index in [1.807, 2.05) is 19.1 Å². The Labute approximate surface area is 112 Å². The maximum absolute atomic E-state index is 5.49. The molecule has 2 rings (SSSR count). The average molecular weight is 262 g/mol. The normalized spacial score (nSPS) is 10.4. The van der Waals surface area contributed by atoms with Crippen LogP contribution in [-0.4, -0.2) is 28.4 Å². The molecule has 0 aliphatic heterocycles. The first-order valence-electron chi connectivity index (χ1n) is 5.93. The smallest absolute Gasteiger partial charge is 0.204 e. The molecule has 0 amide bonds. The third-order valence-corrected chi connectivity index (χ3v) is 3.07. The first-order valence-corrected chi connectivity index (χ1v) is 5.93. The Morgan fingerprint density at radius 2 is 1.32 bits per heavy atom. The minimum Gasteiger partial charge on any atom is -0.496 e. The predicted molar refractivity (Wildman–Crippen MR) is 74.9 cm³/mol. The van der Waals surface area contributed by atoms with Gasteiger partial charge in [0, 0.05) is 0 Å². The molecule has 0 unspecified atom stereocenters. The number of rotatable bonds is 4. The lowest BCUT2D eigenvalue weighted by molar-refractivity contribution is 0.326. The molecule has 4 heteroatoms. The van der Waals surface area contributed by atoms with Gasteiger partial charge in [-0.05, 0) is 30.0 Å². The molecule has 0 aliphatic rings. The summed E-state index contributed by atoms with van der Waals surface area (Å²) in [6, 6.07) is 5.95. The lowest BCUT2D eigenvalue weighted by Gasteiger charge is -2.17. The Morgan fingerprint density at radius 3 is 1.84 bits per heavy atom. The SMILES string of the molecule is COc1cc2cc(C)cc(OC)c2c(OC)c1OC. The highest BCUT2D eigenvalue weighted by atomic mass is 16.5. The number of methoxy groups -OCH3 is 4. The summed E-state index contributed by atoms with van der Waals surface area (Å²) in [6.45, 7) is 2.02. The van der Waals surface area contributed by atoms with Crippen molar-refractivity contribution in [3.63, 3.8) is 0 Å². The van der Waals surface area contributed by atoms with Crippen molar-refractivity contribution in [1.82, 2.24) is 0 Å². The molecular weight excluding hydrogens is 244 g/mol. The van der Waals surface area contributed by atoms with Crippen LogP contribution >= 0.6 is 0 Å². The number of hydrogen-bond acceptors (Lipinski definition) is 4. The molecule has 0 atom stereocenters. The Kier molecular flexibility index (Phi) is 3.69. The van der Waals surface area contributed by atoms with E-state index in [0.717, 1.165) is 22.1 Å². The van der Waals surface area contributed by atoms with E-state index >= 15 is 0 Å². The van der Waals surface area contributed by atoms with Crippen molar-refractivity contribution in [3.8, 4) is 23.0 Å². The lowest BCUT2D eigenvalue weighted by atomic mass is 10.0. The van der Waals surface area contributed by atoms with Crippen LogP contribution in [0.3, 0.4) is 0 Å². The van der Waals surface area contributed by atoms with E-state index in [-0.39, 0.29) is 0 Å². The maximum atomic E-state index is 5.49. The van der Waals surface area contributed by atoms with Crippen molar-refractivity contribution < 1.29 is 18.9 Å². The first kappa shape index (κ1) is 13.3. The minimum atomic E-state index is 0.569. The van der Waals surface area contributed by atoms with Crippen LogP contribution in [0.5, 0.6) is 23.0 Å². The summed E-state index contributed by atoms with van der Waals surface area (Å²) in [6.07, 6.45) is 0. The molecule has 2 aromatic rings. The molecule has 0 fully saturated rings. The molecule has 0 spiro atoms. The summed E-state index contributed by atoms with van der Waals surface area (Å²) in [7, 11) is 6.45. The number of hydrogen-bond donors (Lipinski definition) is 0. The van der Waals surface area contributed by atoms with Gasteiger partial charge in [-0.25, -0.2) is 0 Å².